The molecule has 7 aromatic rings. The number of para-hydroxylation sites is 1. The maximum Gasteiger partial charge on any atom is 0.293 e. The fraction of sp³-hybridized carbons (Fsp3) is 0.438. The summed E-state index contributed by atoms with van der Waals surface area (Å²) >= 11 is 0.851. The molecule has 1 aliphatic rings. The van der Waals surface area contributed by atoms with Gasteiger partial charge in [0.25, 0.3) is 6.47 Å². The number of ketones is 3. The van der Waals surface area contributed by atoms with E-state index in [-0.39, 0.29) is 86.8 Å². The second kappa shape index (κ2) is 49.9. The lowest BCUT2D eigenvalue weighted by atomic mass is 9.84. The summed E-state index contributed by atoms with van der Waals surface area (Å²) in [5.74, 6) is -16.8. The summed E-state index contributed by atoms with van der Waals surface area (Å²) in [5.41, 5.74) is 9.15. The van der Waals surface area contributed by atoms with Gasteiger partial charge in [0.2, 0.25) is 70.9 Å². The van der Waals surface area contributed by atoms with E-state index in [1.807, 2.05) is 6.92 Å². The molecule has 1 fully saturated rings. The number of carbonyl (C=O) groups excluding carboxylic acids is 16. The van der Waals surface area contributed by atoms with Gasteiger partial charge in [0.1, 0.15) is 78.0 Å². The number of aromatic amines is 1. The zero-order chi connectivity index (χ0) is 95.0. The van der Waals surface area contributed by atoms with Gasteiger partial charge in [-0.3, -0.25) is 76.7 Å². The molecule has 12 N–H and O–H groups in total. The molecule has 0 radical (unpaired) electrons. The van der Waals surface area contributed by atoms with Gasteiger partial charge in [-0.2, -0.15) is 0 Å². The lowest BCUT2D eigenvalue weighted by Gasteiger charge is -2.37. The zero-order valence-electron chi connectivity index (χ0n) is 75.1. The van der Waals surface area contributed by atoms with Crippen LogP contribution in [0.1, 0.15) is 119 Å². The molecule has 0 saturated carbocycles. The molecule has 6 aromatic carbocycles. The number of nitrogens with two attached hydrogens (primary N) is 1. The van der Waals surface area contributed by atoms with Crippen molar-refractivity contribution in [1.82, 2.24) is 61.4 Å². The third-order valence-electron chi connectivity index (χ3n) is 23.0. The number of nitrogens with one attached hydrogen (secondary N) is 7. The monoisotopic (exact) mass is 1810 g/mol. The van der Waals surface area contributed by atoms with E-state index in [2.05, 4.69) is 36.9 Å². The topological polar surface area (TPSA) is 473 Å². The van der Waals surface area contributed by atoms with Gasteiger partial charge in [0, 0.05) is 128 Å². The van der Waals surface area contributed by atoms with Crippen LogP contribution in [0.5, 0.6) is 17.2 Å². The highest BCUT2D eigenvalue weighted by atomic mass is 32.2. The first kappa shape index (κ1) is 102. The standard InChI is InChI=1S/C96H121N13O20S/c1-11-12-27-80-95(127)105(6)52-70(114)48-66(54-129-57-110)84(116)50-72(59(4)5)92(124)108(9)81(46-60-21-15-13-16-22-60)91(123)103-77(44-63-30-36-68(112)37-31-63)93(125)106(7)53-86(118)99-76(49-65-51-98-73-26-20-19-25-71(65)73)90(122)102-75(43-62-28-34-67(111)35-29-62)89(121)101-74(42-58(2)3)88(120)104-79(83(115)40-41-85(97)117)55-130-56-87(119)100-78(45-64-32-38-69(113)39-33-64)94(126)109(10)82(96(128)107(80)8)47-61-23-17-14-18-24-61/h13-26,28-39,51,57-59,66,72,74-82,98,111-113H,11-12,27,40-50,52-56H2,1-10H3,(H2,97,117)(H,99,118)(H,100,119)(H,101,121)(H,102,122)(H,103,123)(H,104,120)/t66-,72-,74-,75-,76-,77-,78-,79-,80-,81-,82-/m0/s1. The number of aromatic nitrogens is 1. The van der Waals surface area contributed by atoms with Gasteiger partial charge in [0.05, 0.1) is 30.8 Å². The molecule has 696 valence electrons. The van der Waals surface area contributed by atoms with Crippen molar-refractivity contribution in [3.05, 3.63) is 197 Å². The van der Waals surface area contributed by atoms with Gasteiger partial charge in [-0.05, 0) is 101 Å². The number of phenolic OH excluding ortho intramolecular Hbond substituents is 3. The predicted molar refractivity (Wildman–Crippen MR) is 487 cm³/mol. The van der Waals surface area contributed by atoms with Crippen LogP contribution in [0.25, 0.3) is 10.9 Å². The minimum Gasteiger partial charge on any atom is -0.508 e. The molecule has 130 heavy (non-hydrogen) atoms. The van der Waals surface area contributed by atoms with Crippen LogP contribution in [0.4, 0.5) is 0 Å². The number of fused-ring (bicyclic) bond motifs is 1. The van der Waals surface area contributed by atoms with Gasteiger partial charge in [-0.1, -0.05) is 163 Å². The van der Waals surface area contributed by atoms with E-state index < -0.39 is 211 Å². The van der Waals surface area contributed by atoms with Gasteiger partial charge < -0.3 is 87.2 Å². The highest BCUT2D eigenvalue weighted by Crippen LogP contribution is 2.28. The average Bonchev–Trinajstić information content (AvgIpc) is 1.56. The van der Waals surface area contributed by atoms with Crippen molar-refractivity contribution in [3.63, 3.8) is 0 Å². The average molecular weight is 1810 g/mol. The number of amides is 12. The predicted octanol–water partition coefficient (Wildman–Crippen LogP) is 5.14. The summed E-state index contributed by atoms with van der Waals surface area (Å²) in [6.07, 6.45) is -0.812. The Morgan fingerprint density at radius 1 is 0.492 bits per heavy atom. The number of ether oxygens (including phenoxy) is 1. The van der Waals surface area contributed by atoms with E-state index in [1.165, 1.54) is 113 Å². The molecule has 0 aliphatic carbocycles. The van der Waals surface area contributed by atoms with Crippen molar-refractivity contribution >= 4 is 117 Å². The van der Waals surface area contributed by atoms with Crippen LogP contribution in [0.15, 0.2) is 164 Å². The van der Waals surface area contributed by atoms with E-state index in [4.69, 9.17) is 10.5 Å². The Hall–Kier alpha value is -13.3. The van der Waals surface area contributed by atoms with Gasteiger partial charge >= 0.3 is 0 Å². The quantitative estimate of drug-likeness (QED) is 0.0330. The molecule has 2 heterocycles. The van der Waals surface area contributed by atoms with E-state index in [0.29, 0.717) is 57.1 Å². The van der Waals surface area contributed by atoms with Crippen LogP contribution < -0.4 is 37.6 Å². The molecule has 1 aliphatic heterocycles. The number of unbranched alkanes of at least 4 members (excludes halogenated alkanes) is 1. The number of aromatic hydroxyl groups is 3. The van der Waals surface area contributed by atoms with Crippen LogP contribution in [-0.2, 0) is 120 Å². The second-order valence-electron chi connectivity index (χ2n) is 33.9. The highest BCUT2D eigenvalue weighted by Gasteiger charge is 2.42. The Morgan fingerprint density at radius 3 is 1.52 bits per heavy atom. The van der Waals surface area contributed by atoms with Gasteiger partial charge in [0.15, 0.2) is 11.6 Å². The van der Waals surface area contributed by atoms with Crippen LogP contribution in [0.3, 0.4) is 0 Å². The Labute approximate surface area is 760 Å². The summed E-state index contributed by atoms with van der Waals surface area (Å²) in [5, 5.41) is 48.5. The number of H-pyrrole nitrogens is 1. The first-order valence-electron chi connectivity index (χ1n) is 43.5. The first-order valence-corrected chi connectivity index (χ1v) is 44.6. The number of phenols is 3. The number of carbonyl (C=O) groups is 16. The van der Waals surface area contributed by atoms with E-state index >= 15 is 43.2 Å². The molecule has 0 bridgehead atoms. The SMILES string of the molecule is CCCC[C@H]1C(=O)N(C)CC(=O)C[C@@H](COC=O)C(=O)C[C@@H](C(C)C)C(=O)N(C)[C@@H](Cc2ccccc2)C(=O)N[C@@H](Cc2ccc(O)cc2)C(=O)N(C)CC(=O)N[C@@H](Cc2c[nH]c3ccccc23)C(=O)N[C@@H](Cc2ccc(O)cc2)C(=O)N[C@@H](CC(C)C)C(=O)N[C@H](C(=O)CCC(N)=O)CSCC(=O)N[C@@H](Cc2ccc(O)cc2)C(=O)N(C)[C@@H](Cc2ccccc2)C(=O)N1C. The number of hydrogen-bond donors (Lipinski definition) is 11. The van der Waals surface area contributed by atoms with Crippen molar-refractivity contribution < 1.29 is 96.8 Å². The van der Waals surface area contributed by atoms with E-state index in [1.54, 1.807) is 119 Å². The summed E-state index contributed by atoms with van der Waals surface area (Å²) in [6, 6.07) is 28.5. The molecular weight excluding hydrogens is 1690 g/mol. The molecule has 12 amide bonds. The Bertz CT molecular complexity index is 5080. The number of thioether (sulfide) groups is 1. The maximum atomic E-state index is 15.6. The molecule has 33 nitrogen and oxygen atoms in total. The zero-order valence-corrected chi connectivity index (χ0v) is 75.9. The number of likely N-dealkylation sites (N-methyl/N-ethyl adjacent to an activating group) is 5. The van der Waals surface area contributed by atoms with Gasteiger partial charge in [-0.25, -0.2) is 0 Å². The summed E-state index contributed by atoms with van der Waals surface area (Å²) < 4.78 is 5.15. The summed E-state index contributed by atoms with van der Waals surface area (Å²) in [6.45, 7) is 6.79. The summed E-state index contributed by atoms with van der Waals surface area (Å²) in [4.78, 5) is 244. The van der Waals surface area contributed by atoms with E-state index in [0.717, 1.165) is 31.4 Å². The minimum absolute atomic E-state index is 0.0652. The minimum atomic E-state index is -1.59. The lowest BCUT2D eigenvalue weighted by molar-refractivity contribution is -0.151. The van der Waals surface area contributed by atoms with Crippen LogP contribution in [-0.4, -0.2) is 260 Å². The fourth-order valence-electron chi connectivity index (χ4n) is 15.6. The fourth-order valence-corrected chi connectivity index (χ4v) is 16.5. The van der Waals surface area contributed by atoms with Crippen LogP contribution in [0, 0.1) is 23.7 Å². The molecule has 1 saturated heterocycles. The largest absolute Gasteiger partial charge is 0.508 e. The number of benzene rings is 6. The van der Waals surface area contributed by atoms with Crippen molar-refractivity contribution in [1.29, 1.82) is 0 Å². The third kappa shape index (κ3) is 30.7. The first-order chi connectivity index (χ1) is 61.9. The Morgan fingerprint density at radius 2 is 0.969 bits per heavy atom. The second-order valence-corrected chi connectivity index (χ2v) is 35.0. The number of Topliss-reactive ketones (excluding diaryl/α,β-unsaturated/α-hetero) is 3. The lowest BCUT2D eigenvalue weighted by Crippen LogP contribution is -2.59. The highest BCUT2D eigenvalue weighted by molar-refractivity contribution is 8.00. The number of rotatable bonds is 25. The van der Waals surface area contributed by atoms with Gasteiger partial charge in [-0.15, -0.1) is 11.8 Å². The normalized spacial score (nSPS) is 22.0. The van der Waals surface area contributed by atoms with Crippen molar-refractivity contribution in [3.8, 4) is 17.2 Å². The molecular formula is C96H121N13O20S. The van der Waals surface area contributed by atoms with E-state index in [9.17, 15) is 48.9 Å². The smallest absolute Gasteiger partial charge is 0.293 e. The van der Waals surface area contributed by atoms with Crippen molar-refractivity contribution in [2.75, 3.05) is 66.4 Å². The van der Waals surface area contributed by atoms with Crippen molar-refractivity contribution in [2.24, 2.45) is 29.4 Å². The number of nitrogens with zero attached hydrogens (tertiary/aromatic N) is 5. The molecule has 8 rings (SSSR count). The number of primary amides is 1. The molecule has 0 unspecified atom stereocenters. The summed E-state index contributed by atoms with van der Waals surface area (Å²) in [7, 11) is 6.73. The maximum absolute atomic E-state index is 15.6. The molecule has 1 aromatic heterocycles. The van der Waals surface area contributed by atoms with Crippen molar-refractivity contribution in [2.45, 2.75) is 179 Å². The Balaban J connectivity index is 1.21. The van der Waals surface area contributed by atoms with Crippen LogP contribution in [0.2, 0.25) is 0 Å². The third-order valence-corrected chi connectivity index (χ3v) is 24.1. The molecule has 0 spiro atoms. The number of hydrogen-bond acceptors (Lipinski definition) is 21. The van der Waals surface area contributed by atoms with Crippen LogP contribution >= 0.6 is 11.8 Å². The molecule has 11 atom stereocenters. The Kier molecular flexibility index (Phi) is 39.2. The molecule has 34 heteroatoms.